The monoisotopic (exact) mass is 388 g/mol. The van der Waals surface area contributed by atoms with E-state index in [-0.39, 0.29) is 42.9 Å². The van der Waals surface area contributed by atoms with Crippen LogP contribution in [0.1, 0.15) is 19.4 Å². The topological polar surface area (TPSA) is 72.3 Å². The van der Waals surface area contributed by atoms with Crippen LogP contribution in [0, 0.1) is 0 Å². The Morgan fingerprint density at radius 3 is 2.41 bits per heavy atom. The van der Waals surface area contributed by atoms with Crippen LogP contribution in [0.5, 0.6) is 11.5 Å². The number of quaternary nitrogens is 1. The largest absolute Gasteiger partial charge is 0.493 e. The molecular weight excluding hydrogens is 360 g/mol. The van der Waals surface area contributed by atoms with Crippen molar-refractivity contribution in [3.05, 3.63) is 23.8 Å². The summed E-state index contributed by atoms with van der Waals surface area (Å²) in [6.07, 6.45) is 0. The summed E-state index contributed by atoms with van der Waals surface area (Å²) in [4.78, 5) is 26.6. The molecule has 2 amide bonds. The number of carbonyl (C=O) groups excluding carboxylic acids is 2. The molecule has 0 heterocycles. The molecule has 0 radical (unpaired) electrons. The van der Waals surface area contributed by atoms with Gasteiger partial charge in [-0.15, -0.1) is 0 Å². The van der Waals surface area contributed by atoms with Gasteiger partial charge < -0.3 is 24.6 Å². The van der Waals surface area contributed by atoms with Gasteiger partial charge in [0.25, 0.3) is 11.8 Å². The predicted octanol–water partition coefficient (Wildman–Crippen LogP) is 0.296. The minimum atomic E-state index is -2.94. The SMILES string of the molecule is CCN(CC)C(=O)C[NH+](C)CC(=O)NCc1ccc(OC(F)F)c(OC)c1. The highest BCUT2D eigenvalue weighted by atomic mass is 19.3. The van der Waals surface area contributed by atoms with Crippen molar-refractivity contribution in [1.29, 1.82) is 0 Å². The van der Waals surface area contributed by atoms with E-state index in [1.54, 1.807) is 18.0 Å². The lowest BCUT2D eigenvalue weighted by molar-refractivity contribution is -0.863. The zero-order valence-electron chi connectivity index (χ0n) is 16.2. The zero-order chi connectivity index (χ0) is 20.4. The van der Waals surface area contributed by atoms with E-state index in [2.05, 4.69) is 10.1 Å². The van der Waals surface area contributed by atoms with E-state index >= 15 is 0 Å². The second kappa shape index (κ2) is 11.3. The third-order valence-corrected chi connectivity index (χ3v) is 3.97. The number of ether oxygens (including phenoxy) is 2. The number of amides is 2. The standard InChI is InChI=1S/C18H27F2N3O4/c1-5-23(6-2)17(25)12-22(3)11-16(24)21-10-13-7-8-14(27-18(19)20)15(9-13)26-4/h7-9,18H,5-6,10-12H2,1-4H3,(H,21,24)/p+1. The summed E-state index contributed by atoms with van der Waals surface area (Å²) in [5.74, 6) is -0.118. The van der Waals surface area contributed by atoms with E-state index in [0.29, 0.717) is 18.7 Å². The fraction of sp³-hybridized carbons (Fsp3) is 0.556. The highest BCUT2D eigenvalue weighted by Crippen LogP contribution is 2.29. The molecule has 1 aromatic carbocycles. The minimum absolute atomic E-state index is 0.00431. The third kappa shape index (κ3) is 7.78. The Hall–Kier alpha value is -2.42. The summed E-state index contributed by atoms with van der Waals surface area (Å²) < 4.78 is 34.1. The highest BCUT2D eigenvalue weighted by molar-refractivity contribution is 5.79. The number of hydrogen-bond donors (Lipinski definition) is 2. The molecule has 0 aliphatic rings. The fourth-order valence-corrected chi connectivity index (χ4v) is 2.56. The molecule has 1 unspecified atom stereocenters. The van der Waals surface area contributed by atoms with Gasteiger partial charge in [0.1, 0.15) is 0 Å². The maximum absolute atomic E-state index is 12.3. The van der Waals surface area contributed by atoms with E-state index in [0.717, 1.165) is 4.90 Å². The molecule has 0 bridgehead atoms. The lowest BCUT2D eigenvalue weighted by Gasteiger charge is -2.21. The van der Waals surface area contributed by atoms with Crippen molar-refractivity contribution in [2.75, 3.05) is 40.3 Å². The Morgan fingerprint density at radius 2 is 1.85 bits per heavy atom. The predicted molar refractivity (Wildman–Crippen MR) is 96.0 cm³/mol. The highest BCUT2D eigenvalue weighted by Gasteiger charge is 2.18. The summed E-state index contributed by atoms with van der Waals surface area (Å²) >= 11 is 0. The fourth-order valence-electron chi connectivity index (χ4n) is 2.56. The molecule has 0 spiro atoms. The van der Waals surface area contributed by atoms with Gasteiger partial charge in [0, 0.05) is 19.6 Å². The number of likely N-dealkylation sites (N-methyl/N-ethyl adjacent to an activating group) is 2. The van der Waals surface area contributed by atoms with Crippen LogP contribution in [-0.4, -0.2) is 63.7 Å². The molecule has 1 rings (SSSR count). The molecule has 27 heavy (non-hydrogen) atoms. The second-order valence-electron chi connectivity index (χ2n) is 6.02. The smallest absolute Gasteiger partial charge is 0.387 e. The minimum Gasteiger partial charge on any atom is -0.493 e. The van der Waals surface area contributed by atoms with Crippen molar-refractivity contribution in [3.8, 4) is 11.5 Å². The van der Waals surface area contributed by atoms with Crippen LogP contribution in [-0.2, 0) is 16.1 Å². The summed E-state index contributed by atoms with van der Waals surface area (Å²) in [6.45, 7) is 2.76. The molecule has 9 heteroatoms. The van der Waals surface area contributed by atoms with Gasteiger partial charge in [-0.2, -0.15) is 8.78 Å². The van der Waals surface area contributed by atoms with Gasteiger partial charge in [-0.1, -0.05) is 6.07 Å². The maximum atomic E-state index is 12.3. The van der Waals surface area contributed by atoms with Crippen LogP contribution < -0.4 is 19.7 Å². The van der Waals surface area contributed by atoms with Crippen LogP contribution >= 0.6 is 0 Å². The molecule has 1 atom stereocenters. The Morgan fingerprint density at radius 1 is 1.19 bits per heavy atom. The first-order chi connectivity index (χ1) is 12.8. The Kier molecular flexibility index (Phi) is 9.49. The lowest BCUT2D eigenvalue weighted by Crippen LogP contribution is -3.11. The van der Waals surface area contributed by atoms with Gasteiger partial charge in [-0.25, -0.2) is 0 Å². The van der Waals surface area contributed by atoms with Crippen LogP contribution in [0.4, 0.5) is 8.78 Å². The average Bonchev–Trinajstić information content (AvgIpc) is 2.61. The van der Waals surface area contributed by atoms with Crippen molar-refractivity contribution in [3.63, 3.8) is 0 Å². The van der Waals surface area contributed by atoms with Crippen molar-refractivity contribution in [2.45, 2.75) is 27.0 Å². The van der Waals surface area contributed by atoms with Gasteiger partial charge in [0.15, 0.2) is 24.6 Å². The first-order valence-electron chi connectivity index (χ1n) is 8.78. The Bertz CT molecular complexity index is 625. The number of hydrogen-bond acceptors (Lipinski definition) is 4. The molecule has 7 nitrogen and oxygen atoms in total. The van der Waals surface area contributed by atoms with Crippen molar-refractivity contribution in [2.24, 2.45) is 0 Å². The van der Waals surface area contributed by atoms with Crippen LogP contribution in [0.3, 0.4) is 0 Å². The normalized spacial score (nSPS) is 11.8. The Labute approximate surface area is 158 Å². The molecule has 0 saturated carbocycles. The molecular formula is C18H28F2N3O4+. The van der Waals surface area contributed by atoms with Crippen molar-refractivity contribution >= 4 is 11.8 Å². The number of carbonyl (C=O) groups is 2. The summed E-state index contributed by atoms with van der Waals surface area (Å²) in [7, 11) is 3.13. The molecule has 1 aromatic rings. The van der Waals surface area contributed by atoms with E-state index in [1.807, 2.05) is 13.8 Å². The number of alkyl halides is 2. The second-order valence-corrected chi connectivity index (χ2v) is 6.02. The van der Waals surface area contributed by atoms with Crippen LogP contribution in [0.25, 0.3) is 0 Å². The molecule has 0 aliphatic carbocycles. The van der Waals surface area contributed by atoms with Crippen molar-refractivity contribution in [1.82, 2.24) is 10.2 Å². The van der Waals surface area contributed by atoms with Crippen LogP contribution in [0.15, 0.2) is 18.2 Å². The molecule has 2 N–H and O–H groups in total. The third-order valence-electron chi connectivity index (χ3n) is 3.97. The van der Waals surface area contributed by atoms with Gasteiger partial charge >= 0.3 is 6.61 Å². The number of benzene rings is 1. The summed E-state index contributed by atoms with van der Waals surface area (Å²) in [5, 5.41) is 2.74. The lowest BCUT2D eigenvalue weighted by atomic mass is 10.2. The molecule has 0 aromatic heterocycles. The molecule has 0 aliphatic heterocycles. The molecule has 0 fully saturated rings. The van der Waals surface area contributed by atoms with Gasteiger partial charge in [-0.3, -0.25) is 9.59 Å². The van der Waals surface area contributed by atoms with E-state index in [1.165, 1.54) is 19.2 Å². The number of nitrogens with one attached hydrogen (secondary N) is 2. The average molecular weight is 388 g/mol. The number of rotatable bonds is 11. The first-order valence-corrected chi connectivity index (χ1v) is 8.78. The van der Waals surface area contributed by atoms with Gasteiger partial charge in [0.2, 0.25) is 0 Å². The number of nitrogens with zero attached hydrogens (tertiary/aromatic N) is 1. The number of halogens is 2. The van der Waals surface area contributed by atoms with E-state index in [9.17, 15) is 18.4 Å². The quantitative estimate of drug-likeness (QED) is 0.572. The first kappa shape index (κ1) is 22.6. The van der Waals surface area contributed by atoms with E-state index < -0.39 is 6.61 Å². The van der Waals surface area contributed by atoms with Gasteiger partial charge in [0.05, 0.1) is 14.2 Å². The summed E-state index contributed by atoms with van der Waals surface area (Å²) in [6, 6.07) is 4.46. The molecule has 152 valence electrons. The van der Waals surface area contributed by atoms with Gasteiger partial charge in [-0.05, 0) is 31.5 Å². The van der Waals surface area contributed by atoms with Crippen molar-refractivity contribution < 1.29 is 32.7 Å². The van der Waals surface area contributed by atoms with Crippen LogP contribution in [0.2, 0.25) is 0 Å². The summed E-state index contributed by atoms with van der Waals surface area (Å²) in [5.41, 5.74) is 0.679. The number of methoxy groups -OCH3 is 1. The Balaban J connectivity index is 2.53. The molecule has 0 saturated heterocycles. The zero-order valence-corrected chi connectivity index (χ0v) is 16.2. The van der Waals surface area contributed by atoms with E-state index in [4.69, 9.17) is 4.74 Å². The maximum Gasteiger partial charge on any atom is 0.387 e.